The summed E-state index contributed by atoms with van der Waals surface area (Å²) < 4.78 is 5.10. The Morgan fingerprint density at radius 1 is 1.21 bits per heavy atom. The van der Waals surface area contributed by atoms with Crippen molar-refractivity contribution in [1.82, 2.24) is 10.1 Å². The average molecular weight is 254 g/mol. The van der Waals surface area contributed by atoms with Gasteiger partial charge in [-0.1, -0.05) is 31.1 Å². The number of nitrogens with zero attached hydrogens (tertiary/aromatic N) is 1. The van der Waals surface area contributed by atoms with Crippen LogP contribution in [0.4, 0.5) is 0 Å². The highest BCUT2D eigenvalue weighted by atomic mass is 16.5. The maximum atomic E-state index is 5.10. The van der Waals surface area contributed by atoms with Gasteiger partial charge in [-0.05, 0) is 35.9 Å². The molecule has 0 amide bonds. The third-order valence-electron chi connectivity index (χ3n) is 3.39. The zero-order chi connectivity index (χ0) is 13.4. The minimum Gasteiger partial charge on any atom is -0.361 e. The number of H-pyrrole nitrogens is 1. The van der Waals surface area contributed by atoms with E-state index in [2.05, 4.69) is 48.3 Å². The molecular formula is C16H18N2O. The van der Waals surface area contributed by atoms with Gasteiger partial charge in [-0.15, -0.1) is 0 Å². The van der Waals surface area contributed by atoms with Crippen molar-refractivity contribution in [2.45, 2.75) is 33.1 Å². The smallest absolute Gasteiger partial charge is 0.133 e. The highest BCUT2D eigenvalue weighted by Gasteiger charge is 2.07. The molecule has 0 spiro atoms. The fraction of sp³-hybridized carbons (Fsp3) is 0.312. The molecule has 0 atom stereocenters. The molecule has 0 fully saturated rings. The molecule has 0 saturated heterocycles. The van der Waals surface area contributed by atoms with Crippen LogP contribution in [0.25, 0.3) is 10.9 Å². The first-order chi connectivity index (χ1) is 9.11. The quantitative estimate of drug-likeness (QED) is 0.761. The van der Waals surface area contributed by atoms with Gasteiger partial charge in [-0.3, -0.25) is 0 Å². The Morgan fingerprint density at radius 3 is 2.74 bits per heavy atom. The number of rotatable bonds is 3. The largest absolute Gasteiger partial charge is 0.361 e. The molecule has 0 unspecified atom stereocenters. The summed E-state index contributed by atoms with van der Waals surface area (Å²) in [5, 5.41) is 5.31. The van der Waals surface area contributed by atoms with E-state index in [1.165, 1.54) is 22.2 Å². The second-order valence-electron chi connectivity index (χ2n) is 5.41. The molecule has 0 bridgehead atoms. The Balaban J connectivity index is 1.92. The van der Waals surface area contributed by atoms with Crippen molar-refractivity contribution in [3.05, 3.63) is 53.0 Å². The van der Waals surface area contributed by atoms with E-state index in [0.717, 1.165) is 17.9 Å². The van der Waals surface area contributed by atoms with Gasteiger partial charge in [0.15, 0.2) is 0 Å². The molecule has 0 radical (unpaired) electrons. The van der Waals surface area contributed by atoms with Crippen molar-refractivity contribution in [3.63, 3.8) is 0 Å². The SMILES string of the molecule is Cc1cc(Cc2ccc3cc(C(C)C)[nH]c3c2)no1. The Kier molecular flexibility index (Phi) is 2.90. The van der Waals surface area contributed by atoms with E-state index in [-0.39, 0.29) is 0 Å². The van der Waals surface area contributed by atoms with Gasteiger partial charge in [-0.25, -0.2) is 0 Å². The fourth-order valence-corrected chi connectivity index (χ4v) is 2.33. The van der Waals surface area contributed by atoms with Crippen LogP contribution in [-0.2, 0) is 6.42 Å². The van der Waals surface area contributed by atoms with Gasteiger partial charge in [0.1, 0.15) is 5.76 Å². The van der Waals surface area contributed by atoms with Crippen molar-refractivity contribution in [3.8, 4) is 0 Å². The number of nitrogens with one attached hydrogen (secondary N) is 1. The van der Waals surface area contributed by atoms with Crippen LogP contribution in [0.5, 0.6) is 0 Å². The van der Waals surface area contributed by atoms with Gasteiger partial charge in [0, 0.05) is 23.7 Å². The third-order valence-corrected chi connectivity index (χ3v) is 3.39. The number of aryl methyl sites for hydroxylation is 1. The Bertz CT molecular complexity index is 706. The van der Waals surface area contributed by atoms with Gasteiger partial charge in [0.05, 0.1) is 5.69 Å². The Hall–Kier alpha value is -2.03. The van der Waals surface area contributed by atoms with E-state index in [9.17, 15) is 0 Å². The number of aromatic nitrogens is 2. The topological polar surface area (TPSA) is 41.8 Å². The molecule has 2 aromatic heterocycles. The summed E-state index contributed by atoms with van der Waals surface area (Å²) in [6.45, 7) is 6.31. The minimum absolute atomic E-state index is 0.522. The standard InChI is InChI=1S/C16H18N2O/c1-10(2)15-9-13-5-4-12(8-16(13)17-15)7-14-6-11(3)19-18-14/h4-6,8-10,17H,7H2,1-3H3. The molecule has 98 valence electrons. The van der Waals surface area contributed by atoms with Gasteiger partial charge in [-0.2, -0.15) is 0 Å². The Labute approximate surface area is 112 Å². The zero-order valence-corrected chi connectivity index (χ0v) is 11.5. The molecule has 3 rings (SSSR count). The fourth-order valence-electron chi connectivity index (χ4n) is 2.33. The monoisotopic (exact) mass is 254 g/mol. The maximum Gasteiger partial charge on any atom is 0.133 e. The lowest BCUT2D eigenvalue weighted by Gasteiger charge is -1.99. The predicted molar refractivity (Wildman–Crippen MR) is 76.4 cm³/mol. The summed E-state index contributed by atoms with van der Waals surface area (Å²) in [5.74, 6) is 1.38. The molecule has 0 aliphatic rings. The third kappa shape index (κ3) is 2.41. The van der Waals surface area contributed by atoms with Crippen LogP contribution >= 0.6 is 0 Å². The summed E-state index contributed by atoms with van der Waals surface area (Å²) in [6, 6.07) is 10.7. The molecule has 3 aromatic rings. The summed E-state index contributed by atoms with van der Waals surface area (Å²) in [5.41, 5.74) is 4.70. The second-order valence-corrected chi connectivity index (χ2v) is 5.41. The van der Waals surface area contributed by atoms with Gasteiger partial charge >= 0.3 is 0 Å². The first-order valence-electron chi connectivity index (χ1n) is 6.65. The predicted octanol–water partition coefficient (Wildman–Crippen LogP) is 4.18. The van der Waals surface area contributed by atoms with Crippen molar-refractivity contribution in [2.75, 3.05) is 0 Å². The van der Waals surface area contributed by atoms with E-state index in [1.54, 1.807) is 0 Å². The summed E-state index contributed by atoms with van der Waals surface area (Å²) in [4.78, 5) is 3.48. The molecule has 3 nitrogen and oxygen atoms in total. The van der Waals surface area contributed by atoms with Crippen LogP contribution < -0.4 is 0 Å². The molecule has 1 aromatic carbocycles. The number of hydrogen-bond acceptors (Lipinski definition) is 2. The van der Waals surface area contributed by atoms with E-state index < -0.39 is 0 Å². The summed E-state index contributed by atoms with van der Waals surface area (Å²) in [7, 11) is 0. The highest BCUT2D eigenvalue weighted by Crippen LogP contribution is 2.23. The van der Waals surface area contributed by atoms with Crippen molar-refractivity contribution >= 4 is 10.9 Å². The average Bonchev–Trinajstić information content (AvgIpc) is 2.95. The van der Waals surface area contributed by atoms with Crippen LogP contribution in [0.15, 0.2) is 34.9 Å². The molecule has 2 heterocycles. The summed E-state index contributed by atoms with van der Waals surface area (Å²) >= 11 is 0. The molecule has 0 aliphatic heterocycles. The zero-order valence-electron chi connectivity index (χ0n) is 11.5. The maximum absolute atomic E-state index is 5.10. The van der Waals surface area contributed by atoms with Gasteiger partial charge in [0.25, 0.3) is 0 Å². The van der Waals surface area contributed by atoms with E-state index >= 15 is 0 Å². The molecule has 1 N–H and O–H groups in total. The first-order valence-corrected chi connectivity index (χ1v) is 6.65. The van der Waals surface area contributed by atoms with Gasteiger partial charge in [0.2, 0.25) is 0 Å². The van der Waals surface area contributed by atoms with E-state index in [0.29, 0.717) is 5.92 Å². The second kappa shape index (κ2) is 4.57. The minimum atomic E-state index is 0.522. The lowest BCUT2D eigenvalue weighted by Crippen LogP contribution is -1.88. The number of hydrogen-bond donors (Lipinski definition) is 1. The molecule has 19 heavy (non-hydrogen) atoms. The van der Waals surface area contributed by atoms with Crippen LogP contribution in [0.3, 0.4) is 0 Å². The van der Waals surface area contributed by atoms with Crippen molar-refractivity contribution < 1.29 is 4.52 Å². The lowest BCUT2D eigenvalue weighted by molar-refractivity contribution is 0.392. The molecule has 0 aliphatic carbocycles. The van der Waals surface area contributed by atoms with Crippen LogP contribution in [0.2, 0.25) is 0 Å². The molecular weight excluding hydrogens is 236 g/mol. The first kappa shape index (κ1) is 12.0. The molecule has 0 saturated carbocycles. The summed E-state index contributed by atoms with van der Waals surface area (Å²) in [6.07, 6.45) is 0.809. The normalized spacial score (nSPS) is 11.6. The van der Waals surface area contributed by atoms with Crippen LogP contribution in [-0.4, -0.2) is 10.1 Å². The highest BCUT2D eigenvalue weighted by molar-refractivity contribution is 5.81. The molecule has 3 heteroatoms. The van der Waals surface area contributed by atoms with Crippen LogP contribution in [0.1, 0.15) is 42.5 Å². The van der Waals surface area contributed by atoms with Crippen LogP contribution in [0, 0.1) is 6.92 Å². The lowest BCUT2D eigenvalue weighted by atomic mass is 10.1. The van der Waals surface area contributed by atoms with E-state index in [4.69, 9.17) is 4.52 Å². The van der Waals surface area contributed by atoms with Crippen molar-refractivity contribution in [1.29, 1.82) is 0 Å². The van der Waals surface area contributed by atoms with E-state index in [1.807, 2.05) is 13.0 Å². The Morgan fingerprint density at radius 2 is 2.05 bits per heavy atom. The number of fused-ring (bicyclic) bond motifs is 1. The number of benzene rings is 1. The van der Waals surface area contributed by atoms with Gasteiger partial charge < -0.3 is 9.51 Å². The van der Waals surface area contributed by atoms with Crippen molar-refractivity contribution in [2.24, 2.45) is 0 Å². The number of aromatic amines is 1.